The molecule has 1 aliphatic heterocycles. The molecule has 120 valence electrons. The van der Waals surface area contributed by atoms with Gasteiger partial charge in [-0.15, -0.1) is 0 Å². The van der Waals surface area contributed by atoms with E-state index in [1.54, 1.807) is 0 Å². The Hall–Kier alpha value is -0.760. The Kier molecular flexibility index (Phi) is 3.28. The number of carbonyl (C=O) groups excluding carboxylic acids is 1. The Labute approximate surface area is 138 Å². The largest absolute Gasteiger partial charge is 0.330 e. The van der Waals surface area contributed by atoms with Crippen molar-refractivity contribution in [3.05, 3.63) is 22.9 Å². The number of allylic oxidation sites excluding steroid dienone is 3. The number of hydrogen-bond donors (Lipinski definition) is 1. The fraction of sp³-hybridized carbons (Fsp3) is 0.737. The summed E-state index contributed by atoms with van der Waals surface area (Å²) in [6.07, 6.45) is 10.2. The molecule has 4 rings (SSSR count). The van der Waals surface area contributed by atoms with Crippen molar-refractivity contribution in [1.29, 1.82) is 0 Å². The highest BCUT2D eigenvalue weighted by Crippen LogP contribution is 2.65. The van der Waals surface area contributed by atoms with Gasteiger partial charge < -0.3 is 5.32 Å². The van der Waals surface area contributed by atoms with Crippen LogP contribution in [0.1, 0.15) is 58.8 Å². The predicted octanol–water partition coefficient (Wildman–Crippen LogP) is 4.76. The van der Waals surface area contributed by atoms with Gasteiger partial charge in [0.1, 0.15) is 0 Å². The van der Waals surface area contributed by atoms with Crippen molar-refractivity contribution in [3.63, 3.8) is 0 Å². The van der Waals surface area contributed by atoms with Gasteiger partial charge in [-0.1, -0.05) is 37.1 Å². The summed E-state index contributed by atoms with van der Waals surface area (Å²) in [4.78, 5) is 11.8. The number of fused-ring (bicyclic) bond motifs is 5. The van der Waals surface area contributed by atoms with Crippen LogP contribution in [-0.4, -0.2) is 5.91 Å². The maximum absolute atomic E-state index is 11.8. The van der Waals surface area contributed by atoms with E-state index in [2.05, 4.69) is 25.2 Å². The Morgan fingerprint density at radius 1 is 1.18 bits per heavy atom. The fourth-order valence-electron chi connectivity index (χ4n) is 6.22. The standard InChI is InChI=1S/C19H26ClNO/c1-18-9-7-15-13(14(18)5-3-12(18)11-20)4-6-16-19(15,2)10-8-17(22)21-16/h6,11,13-15H,3-5,7-10H2,1-2H3,(H,21,22)/t13-,14-,15-,18+,19+/m0/s1. The molecular formula is C19H26ClNO. The van der Waals surface area contributed by atoms with Crippen LogP contribution in [0.2, 0.25) is 0 Å². The molecule has 1 amide bonds. The molecule has 3 heteroatoms. The van der Waals surface area contributed by atoms with Gasteiger partial charge in [-0.25, -0.2) is 0 Å². The van der Waals surface area contributed by atoms with E-state index < -0.39 is 0 Å². The van der Waals surface area contributed by atoms with Crippen molar-refractivity contribution in [2.24, 2.45) is 28.6 Å². The molecule has 1 heterocycles. The van der Waals surface area contributed by atoms with Crippen molar-refractivity contribution in [2.75, 3.05) is 0 Å². The third kappa shape index (κ3) is 1.82. The third-order valence-electron chi connectivity index (χ3n) is 7.59. The van der Waals surface area contributed by atoms with Gasteiger partial charge in [0.05, 0.1) is 0 Å². The van der Waals surface area contributed by atoms with Gasteiger partial charge in [0, 0.05) is 23.1 Å². The lowest BCUT2D eigenvalue weighted by molar-refractivity contribution is -0.124. The van der Waals surface area contributed by atoms with Crippen molar-refractivity contribution in [2.45, 2.75) is 58.8 Å². The summed E-state index contributed by atoms with van der Waals surface area (Å²) in [5.41, 5.74) is 5.08. The van der Waals surface area contributed by atoms with E-state index in [0.29, 0.717) is 11.8 Å². The molecule has 0 bridgehead atoms. The van der Waals surface area contributed by atoms with Crippen molar-refractivity contribution in [3.8, 4) is 0 Å². The topological polar surface area (TPSA) is 29.1 Å². The Morgan fingerprint density at radius 3 is 2.73 bits per heavy atom. The van der Waals surface area contributed by atoms with Crippen LogP contribution >= 0.6 is 11.6 Å². The van der Waals surface area contributed by atoms with Gasteiger partial charge in [-0.2, -0.15) is 0 Å². The van der Waals surface area contributed by atoms with Gasteiger partial charge >= 0.3 is 0 Å². The molecule has 1 N–H and O–H groups in total. The van der Waals surface area contributed by atoms with E-state index in [1.165, 1.54) is 37.0 Å². The molecule has 0 radical (unpaired) electrons. The number of carbonyl (C=O) groups is 1. The summed E-state index contributed by atoms with van der Waals surface area (Å²) in [6, 6.07) is 0. The second-order valence-electron chi connectivity index (χ2n) is 8.33. The molecule has 4 aliphatic rings. The second kappa shape index (κ2) is 4.87. The first-order valence-corrected chi connectivity index (χ1v) is 9.23. The first-order chi connectivity index (χ1) is 10.5. The molecule has 5 atom stereocenters. The molecule has 1 saturated heterocycles. The van der Waals surface area contributed by atoms with Gasteiger partial charge in [0.15, 0.2) is 0 Å². The fourth-order valence-corrected chi connectivity index (χ4v) is 6.58. The van der Waals surface area contributed by atoms with Gasteiger partial charge in [-0.3, -0.25) is 4.79 Å². The molecule has 0 aromatic carbocycles. The highest BCUT2D eigenvalue weighted by atomic mass is 35.5. The van der Waals surface area contributed by atoms with Crippen molar-refractivity contribution < 1.29 is 4.79 Å². The number of amides is 1. The summed E-state index contributed by atoms with van der Waals surface area (Å²) >= 11 is 6.13. The number of nitrogens with one attached hydrogen (secondary N) is 1. The zero-order valence-corrected chi connectivity index (χ0v) is 14.4. The maximum atomic E-state index is 11.8. The van der Waals surface area contributed by atoms with Crippen LogP contribution < -0.4 is 5.32 Å². The average molecular weight is 320 g/mol. The van der Waals surface area contributed by atoms with E-state index in [0.717, 1.165) is 30.6 Å². The number of hydrogen-bond acceptors (Lipinski definition) is 1. The lowest BCUT2D eigenvalue weighted by Gasteiger charge is -2.56. The quantitative estimate of drug-likeness (QED) is 0.685. The lowest BCUT2D eigenvalue weighted by Crippen LogP contribution is -2.52. The molecule has 22 heavy (non-hydrogen) atoms. The van der Waals surface area contributed by atoms with Crippen LogP contribution in [0, 0.1) is 28.6 Å². The third-order valence-corrected chi connectivity index (χ3v) is 7.85. The summed E-state index contributed by atoms with van der Waals surface area (Å²) in [7, 11) is 0. The lowest BCUT2D eigenvalue weighted by atomic mass is 9.50. The van der Waals surface area contributed by atoms with Gasteiger partial charge in [0.25, 0.3) is 0 Å². The van der Waals surface area contributed by atoms with Crippen LogP contribution in [0.5, 0.6) is 0 Å². The van der Waals surface area contributed by atoms with Crippen molar-refractivity contribution >= 4 is 17.5 Å². The van der Waals surface area contributed by atoms with E-state index in [9.17, 15) is 4.79 Å². The minimum absolute atomic E-state index is 0.186. The Balaban J connectivity index is 1.70. The number of rotatable bonds is 0. The first-order valence-electron chi connectivity index (χ1n) is 8.79. The molecule has 3 aliphatic carbocycles. The van der Waals surface area contributed by atoms with Gasteiger partial charge in [-0.05, 0) is 61.7 Å². The minimum atomic E-state index is 0.186. The normalized spacial score (nSPS) is 49.0. The monoisotopic (exact) mass is 319 g/mol. The predicted molar refractivity (Wildman–Crippen MR) is 89.2 cm³/mol. The summed E-state index contributed by atoms with van der Waals surface area (Å²) in [6.45, 7) is 4.84. The zero-order chi connectivity index (χ0) is 15.5. The summed E-state index contributed by atoms with van der Waals surface area (Å²) in [5, 5.41) is 3.17. The molecule has 2 saturated carbocycles. The molecule has 2 nitrogen and oxygen atoms in total. The molecule has 0 spiro atoms. The van der Waals surface area contributed by atoms with Crippen molar-refractivity contribution in [1.82, 2.24) is 5.32 Å². The maximum Gasteiger partial charge on any atom is 0.224 e. The van der Waals surface area contributed by atoms with Crippen LogP contribution in [0.4, 0.5) is 0 Å². The summed E-state index contributed by atoms with van der Waals surface area (Å²) < 4.78 is 0. The first kappa shape index (κ1) is 14.8. The van der Waals surface area contributed by atoms with Crippen LogP contribution in [0.25, 0.3) is 0 Å². The minimum Gasteiger partial charge on any atom is -0.330 e. The molecule has 3 fully saturated rings. The number of piperidine rings is 1. The number of halogens is 1. The molecule has 0 aromatic heterocycles. The summed E-state index contributed by atoms with van der Waals surface area (Å²) in [5.74, 6) is 2.46. The Morgan fingerprint density at radius 2 is 1.95 bits per heavy atom. The van der Waals surface area contributed by atoms with Crippen LogP contribution in [-0.2, 0) is 4.79 Å². The highest BCUT2D eigenvalue weighted by molar-refractivity contribution is 6.25. The van der Waals surface area contributed by atoms with E-state index in [1.807, 2.05) is 5.54 Å². The second-order valence-corrected chi connectivity index (χ2v) is 8.54. The smallest absolute Gasteiger partial charge is 0.224 e. The SMILES string of the molecule is C[C@]12CCC(=O)NC1=CC[C@@H]1[C@@H]2CC[C@]2(C)C(=CCl)CC[C@@H]12. The van der Waals surface area contributed by atoms with E-state index in [4.69, 9.17) is 11.6 Å². The van der Waals surface area contributed by atoms with Gasteiger partial charge in [0.2, 0.25) is 5.91 Å². The zero-order valence-electron chi connectivity index (χ0n) is 13.6. The van der Waals surface area contributed by atoms with E-state index in [-0.39, 0.29) is 11.3 Å². The molecule has 0 aromatic rings. The average Bonchev–Trinajstić information content (AvgIpc) is 2.84. The highest BCUT2D eigenvalue weighted by Gasteiger charge is 2.57. The molecular weight excluding hydrogens is 294 g/mol. The van der Waals surface area contributed by atoms with E-state index >= 15 is 0 Å². The van der Waals surface area contributed by atoms with Crippen LogP contribution in [0.3, 0.4) is 0 Å². The Bertz CT molecular complexity index is 580. The molecule has 0 unspecified atom stereocenters. The van der Waals surface area contributed by atoms with Crippen LogP contribution in [0.15, 0.2) is 22.9 Å².